The van der Waals surface area contributed by atoms with Gasteiger partial charge in [-0.15, -0.1) is 0 Å². The minimum absolute atomic E-state index is 0.195. The van der Waals surface area contributed by atoms with Crippen molar-refractivity contribution < 1.29 is 8.78 Å². The lowest BCUT2D eigenvalue weighted by Crippen LogP contribution is -2.14. The first kappa shape index (κ1) is 13.2. The number of halogens is 2. The molecule has 0 amide bonds. The first-order valence-corrected chi connectivity index (χ1v) is 5.87. The Kier molecular flexibility index (Phi) is 3.90. The number of nitrogens with zero attached hydrogens (tertiary/aromatic N) is 1. The molecule has 19 heavy (non-hydrogen) atoms. The van der Waals surface area contributed by atoms with Crippen molar-refractivity contribution in [2.24, 2.45) is 10.7 Å². The second-order valence-electron chi connectivity index (χ2n) is 4.32. The van der Waals surface area contributed by atoms with Gasteiger partial charge in [0.25, 0.3) is 0 Å². The van der Waals surface area contributed by atoms with E-state index in [1.807, 2.05) is 31.2 Å². The van der Waals surface area contributed by atoms with Gasteiger partial charge in [-0.1, -0.05) is 29.8 Å². The van der Waals surface area contributed by atoms with Gasteiger partial charge in [0.15, 0.2) is 11.6 Å². The van der Waals surface area contributed by atoms with Gasteiger partial charge in [0.1, 0.15) is 5.84 Å². The number of aryl methyl sites for hydroxylation is 1. The highest BCUT2D eigenvalue weighted by atomic mass is 19.2. The summed E-state index contributed by atoms with van der Waals surface area (Å²) in [5.74, 6) is -1.62. The van der Waals surface area contributed by atoms with Crippen LogP contribution >= 0.6 is 0 Å². The molecule has 98 valence electrons. The standard InChI is InChI=1S/C15H14F2N2/c1-10-3-2-4-11(7-10)9-19-15(18)12-5-6-13(16)14(17)8-12/h2-8H,9H2,1H3,(H2,18,19). The number of rotatable bonds is 3. The molecule has 4 heteroatoms. The summed E-state index contributed by atoms with van der Waals surface area (Å²) >= 11 is 0. The van der Waals surface area contributed by atoms with E-state index in [1.165, 1.54) is 6.07 Å². The molecule has 0 bridgehead atoms. The highest BCUT2D eigenvalue weighted by molar-refractivity contribution is 5.97. The van der Waals surface area contributed by atoms with Gasteiger partial charge < -0.3 is 5.73 Å². The van der Waals surface area contributed by atoms with Crippen LogP contribution in [0.1, 0.15) is 16.7 Å². The van der Waals surface area contributed by atoms with Crippen molar-refractivity contribution in [1.82, 2.24) is 0 Å². The fourth-order valence-electron chi connectivity index (χ4n) is 1.73. The molecule has 0 aliphatic carbocycles. The molecule has 0 radical (unpaired) electrons. The molecule has 0 atom stereocenters. The second kappa shape index (κ2) is 5.61. The van der Waals surface area contributed by atoms with Crippen molar-refractivity contribution in [3.63, 3.8) is 0 Å². The summed E-state index contributed by atoms with van der Waals surface area (Å²) in [6.07, 6.45) is 0. The van der Waals surface area contributed by atoms with Gasteiger partial charge in [0.2, 0.25) is 0 Å². The van der Waals surface area contributed by atoms with Crippen LogP contribution in [-0.4, -0.2) is 5.84 Å². The summed E-state index contributed by atoms with van der Waals surface area (Å²) in [6, 6.07) is 11.4. The van der Waals surface area contributed by atoms with Crippen LogP contribution in [-0.2, 0) is 6.54 Å². The lowest BCUT2D eigenvalue weighted by Gasteiger charge is -2.03. The van der Waals surface area contributed by atoms with Gasteiger partial charge in [0, 0.05) is 5.56 Å². The summed E-state index contributed by atoms with van der Waals surface area (Å²) in [4.78, 5) is 4.18. The van der Waals surface area contributed by atoms with Crippen LogP contribution in [0, 0.1) is 18.6 Å². The third kappa shape index (κ3) is 3.37. The van der Waals surface area contributed by atoms with E-state index in [9.17, 15) is 8.78 Å². The van der Waals surface area contributed by atoms with Crippen molar-refractivity contribution in [3.8, 4) is 0 Å². The minimum Gasteiger partial charge on any atom is -0.383 e. The first-order chi connectivity index (χ1) is 9.06. The van der Waals surface area contributed by atoms with Crippen molar-refractivity contribution in [3.05, 3.63) is 70.8 Å². The summed E-state index contributed by atoms with van der Waals surface area (Å²) in [5, 5.41) is 0. The van der Waals surface area contributed by atoms with Gasteiger partial charge in [-0.05, 0) is 30.7 Å². The maximum atomic E-state index is 13.1. The Labute approximate surface area is 110 Å². The zero-order valence-electron chi connectivity index (χ0n) is 10.5. The van der Waals surface area contributed by atoms with E-state index in [0.29, 0.717) is 12.1 Å². The Morgan fingerprint density at radius 2 is 1.89 bits per heavy atom. The molecule has 0 aliphatic rings. The van der Waals surface area contributed by atoms with Crippen LogP contribution in [0.15, 0.2) is 47.5 Å². The quantitative estimate of drug-likeness (QED) is 0.668. The molecule has 0 spiro atoms. The maximum absolute atomic E-state index is 13.1. The van der Waals surface area contributed by atoms with Crippen LogP contribution in [0.4, 0.5) is 8.78 Å². The maximum Gasteiger partial charge on any atom is 0.159 e. The van der Waals surface area contributed by atoms with Gasteiger partial charge in [-0.25, -0.2) is 8.78 Å². The summed E-state index contributed by atoms with van der Waals surface area (Å²) in [6.45, 7) is 2.40. The topological polar surface area (TPSA) is 38.4 Å². The number of benzene rings is 2. The van der Waals surface area contributed by atoms with E-state index in [4.69, 9.17) is 5.73 Å². The lowest BCUT2D eigenvalue weighted by atomic mass is 10.1. The van der Waals surface area contributed by atoms with Crippen molar-refractivity contribution in [2.45, 2.75) is 13.5 Å². The smallest absolute Gasteiger partial charge is 0.159 e. The largest absolute Gasteiger partial charge is 0.383 e. The predicted octanol–water partition coefficient (Wildman–Crippen LogP) is 3.18. The van der Waals surface area contributed by atoms with Crippen LogP contribution < -0.4 is 5.73 Å². The molecule has 0 saturated heterocycles. The Hall–Kier alpha value is -2.23. The molecule has 0 unspecified atom stereocenters. The van der Waals surface area contributed by atoms with Gasteiger partial charge in [0.05, 0.1) is 6.54 Å². The number of hydrogen-bond donors (Lipinski definition) is 1. The Morgan fingerprint density at radius 1 is 1.11 bits per heavy atom. The predicted molar refractivity (Wildman–Crippen MR) is 72.0 cm³/mol. The molecular formula is C15H14F2N2. The average molecular weight is 260 g/mol. The summed E-state index contributed by atoms with van der Waals surface area (Å²) < 4.78 is 25.9. The number of amidine groups is 1. The fraction of sp³-hybridized carbons (Fsp3) is 0.133. The third-order valence-electron chi connectivity index (χ3n) is 2.73. The Morgan fingerprint density at radius 3 is 2.58 bits per heavy atom. The van der Waals surface area contributed by atoms with Crippen molar-refractivity contribution in [2.75, 3.05) is 0 Å². The third-order valence-corrected chi connectivity index (χ3v) is 2.73. The van der Waals surface area contributed by atoms with Gasteiger partial charge in [-0.2, -0.15) is 0 Å². The SMILES string of the molecule is Cc1cccc(CN=C(N)c2ccc(F)c(F)c2)c1. The number of nitrogens with two attached hydrogens (primary N) is 1. The molecule has 0 heterocycles. The lowest BCUT2D eigenvalue weighted by molar-refractivity contribution is 0.508. The molecule has 0 aromatic heterocycles. The van der Waals surface area contributed by atoms with Crippen molar-refractivity contribution >= 4 is 5.84 Å². The molecule has 2 N–H and O–H groups in total. The van der Waals surface area contributed by atoms with Crippen molar-refractivity contribution in [1.29, 1.82) is 0 Å². The summed E-state index contributed by atoms with van der Waals surface area (Å²) in [5.41, 5.74) is 8.30. The summed E-state index contributed by atoms with van der Waals surface area (Å²) in [7, 11) is 0. The van der Waals surface area contributed by atoms with E-state index < -0.39 is 11.6 Å². The molecule has 2 aromatic carbocycles. The first-order valence-electron chi connectivity index (χ1n) is 5.87. The zero-order valence-corrected chi connectivity index (χ0v) is 10.5. The zero-order chi connectivity index (χ0) is 13.8. The van der Waals surface area contributed by atoms with Gasteiger partial charge >= 0.3 is 0 Å². The molecule has 0 fully saturated rings. The van der Waals surface area contributed by atoms with Crippen LogP contribution in [0.3, 0.4) is 0 Å². The molecule has 0 saturated carbocycles. The van der Waals surface area contributed by atoms with Crippen LogP contribution in [0.2, 0.25) is 0 Å². The molecule has 2 nitrogen and oxygen atoms in total. The fourth-order valence-corrected chi connectivity index (χ4v) is 1.73. The molecule has 0 aliphatic heterocycles. The average Bonchev–Trinajstić information content (AvgIpc) is 2.39. The van der Waals surface area contributed by atoms with E-state index in [2.05, 4.69) is 4.99 Å². The molecule has 2 rings (SSSR count). The number of hydrogen-bond acceptors (Lipinski definition) is 1. The van der Waals surface area contributed by atoms with E-state index in [1.54, 1.807) is 0 Å². The van der Waals surface area contributed by atoms with Gasteiger partial charge in [-0.3, -0.25) is 4.99 Å². The second-order valence-corrected chi connectivity index (χ2v) is 4.32. The number of aliphatic imine (C=N–C) groups is 1. The highest BCUT2D eigenvalue weighted by Gasteiger charge is 2.05. The highest BCUT2D eigenvalue weighted by Crippen LogP contribution is 2.10. The molecule has 2 aromatic rings. The minimum atomic E-state index is -0.925. The Balaban J connectivity index is 2.16. The van der Waals surface area contributed by atoms with Crippen LogP contribution in [0.25, 0.3) is 0 Å². The van der Waals surface area contributed by atoms with E-state index >= 15 is 0 Å². The molecular weight excluding hydrogens is 246 g/mol. The van der Waals surface area contributed by atoms with E-state index in [0.717, 1.165) is 23.3 Å². The monoisotopic (exact) mass is 260 g/mol. The van der Waals surface area contributed by atoms with E-state index in [-0.39, 0.29) is 5.84 Å². The van der Waals surface area contributed by atoms with Crippen LogP contribution in [0.5, 0.6) is 0 Å². The normalized spacial score (nSPS) is 11.6. The Bertz CT molecular complexity index is 621.